The quantitative estimate of drug-likeness (QED) is 0.161. The van der Waals surface area contributed by atoms with Gasteiger partial charge in [0.1, 0.15) is 11.2 Å². The highest BCUT2D eigenvalue weighted by Gasteiger charge is 2.20. The molecular formula is C57H36N4O. The van der Waals surface area contributed by atoms with Crippen molar-refractivity contribution >= 4 is 43.7 Å². The predicted molar refractivity (Wildman–Crippen MR) is 254 cm³/mol. The first-order chi connectivity index (χ1) is 30.7. The van der Waals surface area contributed by atoms with Crippen LogP contribution in [-0.2, 0) is 0 Å². The van der Waals surface area contributed by atoms with Gasteiger partial charge in [0.05, 0.1) is 11.0 Å². The van der Waals surface area contributed by atoms with Crippen molar-refractivity contribution in [2.24, 2.45) is 0 Å². The van der Waals surface area contributed by atoms with Gasteiger partial charge in [-0.15, -0.1) is 0 Å². The Morgan fingerprint density at radius 1 is 0.306 bits per heavy atom. The standard InChI is InChI=1S/C57H36N4O/c1-4-16-37(17-5-1)39-20-14-21-41(34-39)56-58-55(38-18-6-2-7-19-38)59-57(60-56)42-30-32-46-49-35-40(31-33-52(49)62-53(46)36-42)44-24-10-11-25-45(44)47-27-15-29-51-54(47)48-26-12-13-28-50(48)61(51)43-22-8-3-9-23-43/h1-36H. The van der Waals surface area contributed by atoms with E-state index >= 15 is 0 Å². The molecule has 0 N–H and O–H groups in total. The van der Waals surface area contributed by atoms with Gasteiger partial charge in [-0.25, -0.2) is 15.0 Å². The van der Waals surface area contributed by atoms with Crippen LogP contribution in [0.15, 0.2) is 223 Å². The highest BCUT2D eigenvalue weighted by Crippen LogP contribution is 2.43. The molecule has 0 aliphatic carbocycles. The molecule has 12 rings (SSSR count). The second-order valence-corrected chi connectivity index (χ2v) is 15.6. The Balaban J connectivity index is 0.965. The minimum atomic E-state index is 0.582. The molecule has 5 heteroatoms. The lowest BCUT2D eigenvalue weighted by Crippen LogP contribution is -2.00. The lowest BCUT2D eigenvalue weighted by Gasteiger charge is -2.13. The monoisotopic (exact) mass is 792 g/mol. The van der Waals surface area contributed by atoms with Crippen LogP contribution < -0.4 is 0 Å². The maximum Gasteiger partial charge on any atom is 0.164 e. The van der Waals surface area contributed by atoms with Gasteiger partial charge in [-0.1, -0.05) is 164 Å². The summed E-state index contributed by atoms with van der Waals surface area (Å²) in [6, 6.07) is 76.4. The minimum absolute atomic E-state index is 0.582. The van der Waals surface area contributed by atoms with Crippen molar-refractivity contribution in [2.45, 2.75) is 0 Å². The zero-order valence-electron chi connectivity index (χ0n) is 33.5. The molecule has 0 saturated carbocycles. The second kappa shape index (κ2) is 14.7. The Morgan fingerprint density at radius 2 is 0.871 bits per heavy atom. The predicted octanol–water partition coefficient (Wildman–Crippen LogP) is 14.9. The van der Waals surface area contributed by atoms with Crippen molar-refractivity contribution < 1.29 is 4.42 Å². The van der Waals surface area contributed by atoms with Gasteiger partial charge in [0.15, 0.2) is 17.5 Å². The molecule has 0 unspecified atom stereocenters. The number of hydrogen-bond donors (Lipinski definition) is 0. The SMILES string of the molecule is c1ccc(-c2cccc(-c3nc(-c4ccccc4)nc(-c4ccc5c(c4)oc4ccc(-c6ccccc6-c6cccc7c6c6ccccc6n7-c6ccccc6)cc45)n3)c2)cc1. The van der Waals surface area contributed by atoms with Gasteiger partial charge >= 0.3 is 0 Å². The van der Waals surface area contributed by atoms with Crippen LogP contribution >= 0.6 is 0 Å². The molecule has 5 nitrogen and oxygen atoms in total. The van der Waals surface area contributed by atoms with Gasteiger partial charge in [-0.05, 0) is 88.0 Å². The largest absolute Gasteiger partial charge is 0.456 e. The van der Waals surface area contributed by atoms with Crippen LogP contribution in [-0.4, -0.2) is 19.5 Å². The fourth-order valence-corrected chi connectivity index (χ4v) is 8.97. The molecule has 0 aliphatic rings. The number of para-hydroxylation sites is 2. The number of benzene rings is 9. The average molecular weight is 793 g/mol. The third-order valence-corrected chi connectivity index (χ3v) is 11.9. The first-order valence-corrected chi connectivity index (χ1v) is 20.8. The van der Waals surface area contributed by atoms with Gasteiger partial charge in [0.2, 0.25) is 0 Å². The summed E-state index contributed by atoms with van der Waals surface area (Å²) < 4.78 is 8.96. The van der Waals surface area contributed by atoms with Crippen LogP contribution in [0.5, 0.6) is 0 Å². The maximum atomic E-state index is 6.59. The Morgan fingerprint density at radius 3 is 1.66 bits per heavy atom. The van der Waals surface area contributed by atoms with Gasteiger partial charge in [-0.2, -0.15) is 0 Å². The Bertz CT molecular complexity index is 3630. The van der Waals surface area contributed by atoms with E-state index in [1.807, 2.05) is 36.4 Å². The molecule has 0 spiro atoms. The molecule has 62 heavy (non-hydrogen) atoms. The van der Waals surface area contributed by atoms with E-state index in [0.29, 0.717) is 17.5 Å². The smallest absolute Gasteiger partial charge is 0.164 e. The molecule has 0 amide bonds. The van der Waals surface area contributed by atoms with E-state index in [1.165, 1.54) is 32.9 Å². The number of fused-ring (bicyclic) bond motifs is 6. The van der Waals surface area contributed by atoms with Crippen LogP contribution in [0, 0.1) is 0 Å². The zero-order chi connectivity index (χ0) is 41.0. The molecule has 0 radical (unpaired) electrons. The normalized spacial score (nSPS) is 11.5. The van der Waals surface area contributed by atoms with E-state index in [2.05, 4.69) is 187 Å². The van der Waals surface area contributed by atoms with Crippen molar-refractivity contribution in [1.29, 1.82) is 0 Å². The van der Waals surface area contributed by atoms with Gasteiger partial charge in [0.25, 0.3) is 0 Å². The van der Waals surface area contributed by atoms with Crippen LogP contribution in [0.25, 0.3) is 117 Å². The lowest BCUT2D eigenvalue weighted by molar-refractivity contribution is 0.669. The van der Waals surface area contributed by atoms with Crippen LogP contribution in [0.3, 0.4) is 0 Å². The number of hydrogen-bond acceptors (Lipinski definition) is 4. The molecule has 0 bridgehead atoms. The molecule has 0 fully saturated rings. The van der Waals surface area contributed by atoms with Crippen molar-refractivity contribution in [1.82, 2.24) is 19.5 Å². The van der Waals surface area contributed by atoms with E-state index in [1.54, 1.807) is 0 Å². The highest BCUT2D eigenvalue weighted by molar-refractivity contribution is 6.17. The fourth-order valence-electron chi connectivity index (χ4n) is 8.97. The van der Waals surface area contributed by atoms with E-state index in [9.17, 15) is 0 Å². The molecular weight excluding hydrogens is 757 g/mol. The van der Waals surface area contributed by atoms with Gasteiger partial charge in [0, 0.05) is 43.9 Å². The summed E-state index contributed by atoms with van der Waals surface area (Å²) in [6.07, 6.45) is 0. The Labute approximate surface area is 357 Å². The average Bonchev–Trinajstić information content (AvgIpc) is 3.90. The molecule has 12 aromatic rings. The summed E-state index contributed by atoms with van der Waals surface area (Å²) >= 11 is 0. The van der Waals surface area contributed by atoms with Gasteiger partial charge < -0.3 is 8.98 Å². The Kier molecular flexibility index (Phi) is 8.42. The highest BCUT2D eigenvalue weighted by atomic mass is 16.3. The molecule has 9 aromatic carbocycles. The van der Waals surface area contributed by atoms with Crippen molar-refractivity contribution in [3.05, 3.63) is 218 Å². The Hall–Kier alpha value is -8.41. The summed E-state index contributed by atoms with van der Waals surface area (Å²) in [5.41, 5.74) is 14.7. The summed E-state index contributed by atoms with van der Waals surface area (Å²) in [6.45, 7) is 0. The van der Waals surface area contributed by atoms with E-state index in [-0.39, 0.29) is 0 Å². The van der Waals surface area contributed by atoms with Crippen LogP contribution in [0.4, 0.5) is 0 Å². The fraction of sp³-hybridized carbons (Fsp3) is 0. The summed E-state index contributed by atoms with van der Waals surface area (Å²) in [4.78, 5) is 15.1. The first kappa shape index (κ1) is 35.5. The van der Waals surface area contributed by atoms with E-state index < -0.39 is 0 Å². The van der Waals surface area contributed by atoms with E-state index in [0.717, 1.165) is 66.6 Å². The number of aromatic nitrogens is 4. The number of rotatable bonds is 7. The molecule has 3 heterocycles. The minimum Gasteiger partial charge on any atom is -0.456 e. The zero-order valence-corrected chi connectivity index (χ0v) is 33.5. The second-order valence-electron chi connectivity index (χ2n) is 15.6. The number of nitrogens with zero attached hydrogens (tertiary/aromatic N) is 4. The molecule has 0 aliphatic heterocycles. The van der Waals surface area contributed by atoms with Crippen LogP contribution in [0.2, 0.25) is 0 Å². The summed E-state index contributed by atoms with van der Waals surface area (Å²) in [5, 5.41) is 4.55. The van der Waals surface area contributed by atoms with Crippen molar-refractivity contribution in [2.75, 3.05) is 0 Å². The third kappa shape index (κ3) is 6.06. The maximum absolute atomic E-state index is 6.59. The summed E-state index contributed by atoms with van der Waals surface area (Å²) in [7, 11) is 0. The van der Waals surface area contributed by atoms with E-state index in [4.69, 9.17) is 19.4 Å². The lowest BCUT2D eigenvalue weighted by atomic mass is 9.91. The molecule has 3 aromatic heterocycles. The third-order valence-electron chi connectivity index (χ3n) is 11.9. The molecule has 290 valence electrons. The molecule has 0 atom stereocenters. The molecule has 0 saturated heterocycles. The summed E-state index contributed by atoms with van der Waals surface area (Å²) in [5.74, 6) is 1.81. The van der Waals surface area contributed by atoms with Crippen molar-refractivity contribution in [3.63, 3.8) is 0 Å². The van der Waals surface area contributed by atoms with Crippen LogP contribution in [0.1, 0.15) is 0 Å². The van der Waals surface area contributed by atoms with Gasteiger partial charge in [-0.3, -0.25) is 0 Å². The van der Waals surface area contributed by atoms with Crippen molar-refractivity contribution in [3.8, 4) is 73.2 Å². The number of furan rings is 1. The first-order valence-electron chi connectivity index (χ1n) is 20.8. The topological polar surface area (TPSA) is 56.7 Å².